The molecule has 0 aliphatic heterocycles. The van der Waals surface area contributed by atoms with Gasteiger partial charge in [0.15, 0.2) is 0 Å². The number of benzene rings is 3. The predicted molar refractivity (Wildman–Crippen MR) is 112 cm³/mol. The fraction of sp³-hybridized carbons (Fsp3) is 0.0435. The quantitative estimate of drug-likeness (QED) is 0.429. The number of ether oxygens (including phenoxy) is 1. The number of aromatic nitrogens is 1. The molecule has 0 radical (unpaired) electrons. The number of nitrogens with one attached hydrogen (secondary N) is 1. The molecule has 1 N–H and O–H groups in total. The molecule has 0 aliphatic carbocycles. The molecule has 1 heterocycles. The molecule has 142 valence electrons. The van der Waals surface area contributed by atoms with Crippen molar-refractivity contribution in [3.63, 3.8) is 0 Å². The highest BCUT2D eigenvalue weighted by molar-refractivity contribution is 6.30. The standard InChI is InChI=1S/C23H15ClFN3O/c24-16-6-9-21(20(25)10-16)28-22-11-17(13-26)27-23-12-18(7-8-19(22)23)29-14-15-4-2-1-3-5-15/h1-12H,14H2,(H,27,28). The normalized spacial score (nSPS) is 10.5. The second kappa shape index (κ2) is 8.17. The Morgan fingerprint density at radius 2 is 1.83 bits per heavy atom. The van der Waals surface area contributed by atoms with Crippen molar-refractivity contribution in [3.05, 3.63) is 94.9 Å². The van der Waals surface area contributed by atoms with Crippen LogP contribution in [0.4, 0.5) is 15.8 Å². The Morgan fingerprint density at radius 3 is 2.59 bits per heavy atom. The average Bonchev–Trinajstić information content (AvgIpc) is 2.74. The van der Waals surface area contributed by atoms with Crippen LogP contribution >= 0.6 is 11.6 Å². The van der Waals surface area contributed by atoms with Gasteiger partial charge in [0, 0.05) is 16.5 Å². The SMILES string of the molecule is N#Cc1cc(Nc2ccc(Cl)cc2F)c2ccc(OCc3ccccc3)cc2n1. The van der Waals surface area contributed by atoms with Gasteiger partial charge in [-0.3, -0.25) is 0 Å². The first-order valence-corrected chi connectivity index (χ1v) is 9.24. The molecular formula is C23H15ClFN3O. The molecule has 4 aromatic rings. The maximum Gasteiger partial charge on any atom is 0.148 e. The van der Waals surface area contributed by atoms with E-state index < -0.39 is 5.82 Å². The molecule has 0 bridgehead atoms. The van der Waals surface area contributed by atoms with E-state index >= 15 is 0 Å². The Bertz CT molecular complexity index is 1220. The van der Waals surface area contributed by atoms with Crippen molar-refractivity contribution in [1.29, 1.82) is 5.26 Å². The van der Waals surface area contributed by atoms with E-state index in [2.05, 4.69) is 10.3 Å². The fourth-order valence-corrected chi connectivity index (χ4v) is 3.09. The van der Waals surface area contributed by atoms with Crippen molar-refractivity contribution in [1.82, 2.24) is 4.98 Å². The molecule has 0 atom stereocenters. The summed E-state index contributed by atoms with van der Waals surface area (Å²) in [6.45, 7) is 0.422. The van der Waals surface area contributed by atoms with Crippen molar-refractivity contribution in [3.8, 4) is 11.8 Å². The molecule has 29 heavy (non-hydrogen) atoms. The lowest BCUT2D eigenvalue weighted by molar-refractivity contribution is 0.306. The summed E-state index contributed by atoms with van der Waals surface area (Å²) in [6.07, 6.45) is 0. The Balaban J connectivity index is 1.67. The van der Waals surface area contributed by atoms with Crippen molar-refractivity contribution in [2.75, 3.05) is 5.32 Å². The molecule has 4 nitrogen and oxygen atoms in total. The van der Waals surface area contributed by atoms with Gasteiger partial charge in [0.25, 0.3) is 0 Å². The second-order valence-corrected chi connectivity index (χ2v) is 6.81. The van der Waals surface area contributed by atoms with Crippen LogP contribution in [-0.2, 0) is 6.61 Å². The summed E-state index contributed by atoms with van der Waals surface area (Å²) in [5.41, 5.74) is 2.67. The largest absolute Gasteiger partial charge is 0.489 e. The Morgan fingerprint density at radius 1 is 1.00 bits per heavy atom. The highest BCUT2D eigenvalue weighted by atomic mass is 35.5. The van der Waals surface area contributed by atoms with Crippen LogP contribution in [0.15, 0.2) is 72.8 Å². The van der Waals surface area contributed by atoms with Crippen molar-refractivity contribution in [2.24, 2.45) is 0 Å². The van der Waals surface area contributed by atoms with Crippen LogP contribution in [-0.4, -0.2) is 4.98 Å². The smallest absolute Gasteiger partial charge is 0.148 e. The maximum atomic E-state index is 14.2. The minimum atomic E-state index is -0.483. The van der Waals surface area contributed by atoms with Crippen molar-refractivity contribution < 1.29 is 9.13 Å². The van der Waals surface area contributed by atoms with Gasteiger partial charge in [0.05, 0.1) is 16.9 Å². The summed E-state index contributed by atoms with van der Waals surface area (Å²) in [4.78, 5) is 4.35. The van der Waals surface area contributed by atoms with E-state index in [4.69, 9.17) is 16.3 Å². The summed E-state index contributed by atoms with van der Waals surface area (Å²) in [6, 6.07) is 23.2. The third-order valence-corrected chi connectivity index (χ3v) is 4.58. The second-order valence-electron chi connectivity index (χ2n) is 6.37. The first-order valence-electron chi connectivity index (χ1n) is 8.86. The van der Waals surface area contributed by atoms with Crippen LogP contribution in [0.5, 0.6) is 5.75 Å². The van der Waals surface area contributed by atoms with Gasteiger partial charge in [-0.1, -0.05) is 41.9 Å². The number of hydrogen-bond donors (Lipinski definition) is 1. The average molecular weight is 404 g/mol. The highest BCUT2D eigenvalue weighted by Gasteiger charge is 2.10. The summed E-state index contributed by atoms with van der Waals surface area (Å²) in [7, 11) is 0. The van der Waals surface area contributed by atoms with E-state index in [-0.39, 0.29) is 11.4 Å². The van der Waals surface area contributed by atoms with Gasteiger partial charge in [-0.25, -0.2) is 9.37 Å². The van der Waals surface area contributed by atoms with Crippen LogP contribution in [0.25, 0.3) is 10.9 Å². The van der Waals surface area contributed by atoms with Crippen molar-refractivity contribution in [2.45, 2.75) is 6.61 Å². The van der Waals surface area contributed by atoms with E-state index in [0.717, 1.165) is 10.9 Å². The van der Waals surface area contributed by atoms with E-state index in [0.29, 0.717) is 28.6 Å². The Hall–Kier alpha value is -3.62. The Kier molecular flexibility index (Phi) is 5.28. The third-order valence-electron chi connectivity index (χ3n) is 4.34. The van der Waals surface area contributed by atoms with Crippen LogP contribution in [0, 0.1) is 17.1 Å². The zero-order valence-electron chi connectivity index (χ0n) is 15.2. The van der Waals surface area contributed by atoms with E-state index in [1.165, 1.54) is 6.07 Å². The fourth-order valence-electron chi connectivity index (χ4n) is 2.94. The number of hydrogen-bond acceptors (Lipinski definition) is 4. The number of nitrogens with zero attached hydrogens (tertiary/aromatic N) is 2. The number of nitriles is 1. The van der Waals surface area contributed by atoms with Crippen LogP contribution in [0.2, 0.25) is 5.02 Å². The molecule has 0 unspecified atom stereocenters. The molecule has 3 aromatic carbocycles. The van der Waals surface area contributed by atoms with Crippen LogP contribution < -0.4 is 10.1 Å². The lowest BCUT2D eigenvalue weighted by Gasteiger charge is -2.13. The molecular weight excluding hydrogens is 389 g/mol. The molecule has 0 aliphatic rings. The molecule has 0 amide bonds. The van der Waals surface area contributed by atoms with Gasteiger partial charge in [-0.15, -0.1) is 0 Å². The Labute approximate surface area is 172 Å². The van der Waals surface area contributed by atoms with Gasteiger partial charge < -0.3 is 10.1 Å². The molecule has 0 saturated heterocycles. The monoisotopic (exact) mass is 403 g/mol. The van der Waals surface area contributed by atoms with Gasteiger partial charge >= 0.3 is 0 Å². The summed E-state index contributed by atoms with van der Waals surface area (Å²) >= 11 is 5.82. The molecule has 0 saturated carbocycles. The third kappa shape index (κ3) is 4.29. The van der Waals surface area contributed by atoms with Gasteiger partial charge in [0.1, 0.15) is 29.9 Å². The molecule has 4 rings (SSSR count). The number of anilines is 2. The lowest BCUT2D eigenvalue weighted by atomic mass is 10.1. The maximum absolute atomic E-state index is 14.2. The first kappa shape index (κ1) is 18.7. The van der Waals surface area contributed by atoms with Gasteiger partial charge in [-0.05, 0) is 42.0 Å². The van der Waals surface area contributed by atoms with Crippen molar-refractivity contribution >= 4 is 33.9 Å². The predicted octanol–water partition coefficient (Wildman–Crippen LogP) is 6.22. The molecule has 6 heteroatoms. The van der Waals surface area contributed by atoms with E-state index in [1.807, 2.05) is 48.5 Å². The lowest BCUT2D eigenvalue weighted by Crippen LogP contribution is -1.99. The number of pyridine rings is 1. The number of halogens is 2. The number of rotatable bonds is 5. The van der Waals surface area contributed by atoms with Crippen LogP contribution in [0.3, 0.4) is 0 Å². The van der Waals surface area contributed by atoms with Crippen LogP contribution in [0.1, 0.15) is 11.3 Å². The number of fused-ring (bicyclic) bond motifs is 1. The molecule has 0 fully saturated rings. The zero-order valence-corrected chi connectivity index (χ0v) is 15.9. The topological polar surface area (TPSA) is 57.9 Å². The highest BCUT2D eigenvalue weighted by Crippen LogP contribution is 2.31. The first-order chi connectivity index (χ1) is 14.1. The molecule has 0 spiro atoms. The van der Waals surface area contributed by atoms with E-state index in [9.17, 15) is 9.65 Å². The summed E-state index contributed by atoms with van der Waals surface area (Å²) in [5, 5.41) is 13.4. The van der Waals surface area contributed by atoms with Gasteiger partial charge in [0.2, 0.25) is 0 Å². The van der Waals surface area contributed by atoms with Gasteiger partial charge in [-0.2, -0.15) is 5.26 Å². The minimum Gasteiger partial charge on any atom is -0.489 e. The molecule has 1 aromatic heterocycles. The summed E-state index contributed by atoms with van der Waals surface area (Å²) < 4.78 is 20.0. The minimum absolute atomic E-state index is 0.217. The summed E-state index contributed by atoms with van der Waals surface area (Å²) in [5.74, 6) is 0.149. The zero-order chi connectivity index (χ0) is 20.2. The van der Waals surface area contributed by atoms with E-state index in [1.54, 1.807) is 24.3 Å².